The molecule has 17 heavy (non-hydrogen) atoms. The van der Waals surface area contributed by atoms with E-state index in [-0.39, 0.29) is 6.04 Å². The third-order valence-electron chi connectivity index (χ3n) is 2.74. The van der Waals surface area contributed by atoms with E-state index in [4.69, 9.17) is 10.5 Å². The lowest BCUT2D eigenvalue weighted by atomic mass is 10.2. The summed E-state index contributed by atoms with van der Waals surface area (Å²) in [6.07, 6.45) is 8.04. The van der Waals surface area contributed by atoms with E-state index in [0.717, 1.165) is 24.5 Å². The van der Waals surface area contributed by atoms with E-state index >= 15 is 0 Å². The lowest BCUT2D eigenvalue weighted by Crippen LogP contribution is -2.07. The van der Waals surface area contributed by atoms with Crippen LogP contribution in [-0.4, -0.2) is 11.6 Å². The van der Waals surface area contributed by atoms with Crippen molar-refractivity contribution in [2.24, 2.45) is 5.73 Å². The van der Waals surface area contributed by atoms with E-state index in [1.54, 1.807) is 6.20 Å². The number of nitrogens with two attached hydrogens (primary N) is 1. The second-order valence-electron chi connectivity index (χ2n) is 4.47. The van der Waals surface area contributed by atoms with Crippen molar-refractivity contribution in [1.82, 2.24) is 4.98 Å². The second-order valence-corrected chi connectivity index (χ2v) is 4.47. The zero-order valence-electron chi connectivity index (χ0n) is 11.0. The molecular weight excluding hydrogens is 212 g/mol. The predicted molar refractivity (Wildman–Crippen MR) is 71.1 cm³/mol. The van der Waals surface area contributed by atoms with Crippen LogP contribution < -0.4 is 10.5 Å². The molecule has 3 nitrogen and oxygen atoms in total. The molecule has 1 heterocycles. The Kier molecular flexibility index (Phi) is 6.63. The van der Waals surface area contributed by atoms with E-state index in [9.17, 15) is 0 Å². The summed E-state index contributed by atoms with van der Waals surface area (Å²) < 4.78 is 5.62. The molecule has 1 aromatic heterocycles. The molecule has 96 valence electrons. The molecule has 0 saturated heterocycles. The van der Waals surface area contributed by atoms with Gasteiger partial charge in [0.25, 0.3) is 0 Å². The third-order valence-corrected chi connectivity index (χ3v) is 2.74. The van der Waals surface area contributed by atoms with Crippen molar-refractivity contribution >= 4 is 0 Å². The number of pyridine rings is 1. The highest BCUT2D eigenvalue weighted by molar-refractivity contribution is 5.21. The Bertz CT molecular complexity index is 296. The van der Waals surface area contributed by atoms with Crippen LogP contribution in [0.25, 0.3) is 0 Å². The number of rotatable bonds is 8. The molecule has 0 aliphatic rings. The van der Waals surface area contributed by atoms with Gasteiger partial charge in [0.1, 0.15) is 5.75 Å². The molecule has 0 unspecified atom stereocenters. The van der Waals surface area contributed by atoms with Crippen molar-refractivity contribution in [2.45, 2.75) is 52.0 Å². The van der Waals surface area contributed by atoms with Crippen LogP contribution in [0.5, 0.6) is 5.75 Å². The summed E-state index contributed by atoms with van der Waals surface area (Å²) in [4.78, 5) is 4.26. The average molecular weight is 236 g/mol. The minimum Gasteiger partial charge on any atom is -0.492 e. The monoisotopic (exact) mass is 236 g/mol. The molecule has 0 radical (unpaired) electrons. The molecule has 2 N–H and O–H groups in total. The van der Waals surface area contributed by atoms with Gasteiger partial charge in [0.05, 0.1) is 18.5 Å². The van der Waals surface area contributed by atoms with Gasteiger partial charge < -0.3 is 10.5 Å². The molecule has 0 bridgehead atoms. The number of nitrogens with zero attached hydrogens (tertiary/aromatic N) is 1. The van der Waals surface area contributed by atoms with Gasteiger partial charge in [-0.1, -0.05) is 32.6 Å². The molecule has 1 atom stereocenters. The quantitative estimate of drug-likeness (QED) is 0.703. The first-order chi connectivity index (χ1) is 8.24. The Morgan fingerprint density at radius 1 is 1.24 bits per heavy atom. The molecule has 0 spiro atoms. The van der Waals surface area contributed by atoms with E-state index in [2.05, 4.69) is 11.9 Å². The van der Waals surface area contributed by atoms with Crippen molar-refractivity contribution in [2.75, 3.05) is 6.61 Å². The molecule has 0 aromatic carbocycles. The van der Waals surface area contributed by atoms with Crippen molar-refractivity contribution in [3.63, 3.8) is 0 Å². The summed E-state index contributed by atoms with van der Waals surface area (Å²) >= 11 is 0. The lowest BCUT2D eigenvalue weighted by Gasteiger charge is -2.08. The van der Waals surface area contributed by atoms with Gasteiger partial charge in [0.15, 0.2) is 0 Å². The van der Waals surface area contributed by atoms with Gasteiger partial charge in [0, 0.05) is 6.04 Å². The molecule has 0 amide bonds. The van der Waals surface area contributed by atoms with Gasteiger partial charge >= 0.3 is 0 Å². The van der Waals surface area contributed by atoms with Crippen LogP contribution >= 0.6 is 0 Å². The molecule has 0 aliphatic heterocycles. The fraction of sp³-hybridized carbons (Fsp3) is 0.643. The smallest absolute Gasteiger partial charge is 0.137 e. The Balaban J connectivity index is 2.19. The summed E-state index contributed by atoms with van der Waals surface area (Å²) in [6.45, 7) is 4.93. The Morgan fingerprint density at radius 2 is 2.00 bits per heavy atom. The summed E-state index contributed by atoms with van der Waals surface area (Å²) in [6, 6.07) is 3.85. The standard InChI is InChI=1S/C14H24N2O/c1-3-4-5-6-7-10-17-13-8-9-14(12(2)15)16-11-13/h8-9,11-12H,3-7,10,15H2,1-2H3/t12-/m1/s1. The molecule has 3 heteroatoms. The fourth-order valence-electron chi connectivity index (χ4n) is 1.64. The normalized spacial score (nSPS) is 12.4. The first-order valence-corrected chi connectivity index (χ1v) is 6.58. The summed E-state index contributed by atoms with van der Waals surface area (Å²) in [7, 11) is 0. The maximum absolute atomic E-state index is 5.73. The summed E-state index contributed by atoms with van der Waals surface area (Å²) in [5, 5.41) is 0. The Hall–Kier alpha value is -1.09. The van der Waals surface area contributed by atoms with E-state index < -0.39 is 0 Å². The molecule has 0 saturated carbocycles. The molecule has 1 rings (SSSR count). The van der Waals surface area contributed by atoms with Crippen LogP contribution in [0.1, 0.15) is 57.7 Å². The number of aromatic nitrogens is 1. The van der Waals surface area contributed by atoms with E-state index in [1.165, 1.54) is 25.7 Å². The number of hydrogen-bond donors (Lipinski definition) is 1. The molecule has 0 fully saturated rings. The molecule has 1 aromatic rings. The van der Waals surface area contributed by atoms with Crippen LogP contribution in [0.4, 0.5) is 0 Å². The number of hydrogen-bond acceptors (Lipinski definition) is 3. The van der Waals surface area contributed by atoms with Crippen LogP contribution in [0, 0.1) is 0 Å². The fourth-order valence-corrected chi connectivity index (χ4v) is 1.64. The zero-order valence-corrected chi connectivity index (χ0v) is 11.0. The van der Waals surface area contributed by atoms with Gasteiger partial charge in [0.2, 0.25) is 0 Å². The highest BCUT2D eigenvalue weighted by Gasteiger charge is 2.01. The molecule has 0 aliphatic carbocycles. The predicted octanol–water partition coefficient (Wildman–Crippen LogP) is 3.45. The van der Waals surface area contributed by atoms with Crippen LogP contribution in [0.15, 0.2) is 18.3 Å². The van der Waals surface area contributed by atoms with Crippen molar-refractivity contribution in [3.05, 3.63) is 24.0 Å². The Morgan fingerprint density at radius 3 is 2.59 bits per heavy atom. The second kappa shape index (κ2) is 8.07. The van der Waals surface area contributed by atoms with Crippen molar-refractivity contribution in [1.29, 1.82) is 0 Å². The van der Waals surface area contributed by atoms with Crippen LogP contribution in [-0.2, 0) is 0 Å². The first-order valence-electron chi connectivity index (χ1n) is 6.58. The van der Waals surface area contributed by atoms with Gasteiger partial charge in [-0.05, 0) is 25.5 Å². The highest BCUT2D eigenvalue weighted by Crippen LogP contribution is 2.13. The van der Waals surface area contributed by atoms with Crippen molar-refractivity contribution in [3.8, 4) is 5.75 Å². The average Bonchev–Trinajstić information content (AvgIpc) is 2.34. The molecular formula is C14H24N2O. The number of unbranched alkanes of at least 4 members (excludes halogenated alkanes) is 4. The van der Waals surface area contributed by atoms with Crippen molar-refractivity contribution < 1.29 is 4.74 Å². The topological polar surface area (TPSA) is 48.1 Å². The maximum Gasteiger partial charge on any atom is 0.137 e. The van der Waals surface area contributed by atoms with Gasteiger partial charge in [-0.25, -0.2) is 0 Å². The third kappa shape index (κ3) is 5.68. The SMILES string of the molecule is CCCCCCCOc1ccc([C@@H](C)N)nc1. The van der Waals surface area contributed by atoms with E-state index in [1.807, 2.05) is 19.1 Å². The van der Waals surface area contributed by atoms with E-state index in [0.29, 0.717) is 0 Å². The Labute approximate surface area is 104 Å². The van der Waals surface area contributed by atoms with Crippen LogP contribution in [0.3, 0.4) is 0 Å². The minimum absolute atomic E-state index is 0.0157. The lowest BCUT2D eigenvalue weighted by molar-refractivity contribution is 0.303. The van der Waals surface area contributed by atoms with Gasteiger partial charge in [-0.2, -0.15) is 0 Å². The highest BCUT2D eigenvalue weighted by atomic mass is 16.5. The van der Waals surface area contributed by atoms with Crippen LogP contribution in [0.2, 0.25) is 0 Å². The zero-order chi connectivity index (χ0) is 12.5. The maximum atomic E-state index is 5.73. The minimum atomic E-state index is -0.0157. The number of ether oxygens (including phenoxy) is 1. The largest absolute Gasteiger partial charge is 0.492 e. The first kappa shape index (κ1) is 14.0. The summed E-state index contributed by atoms with van der Waals surface area (Å²) in [5.41, 5.74) is 6.63. The van der Waals surface area contributed by atoms with Gasteiger partial charge in [-0.15, -0.1) is 0 Å². The summed E-state index contributed by atoms with van der Waals surface area (Å²) in [5.74, 6) is 0.838. The van der Waals surface area contributed by atoms with Gasteiger partial charge in [-0.3, -0.25) is 4.98 Å².